The Hall–Kier alpha value is -1.55. The van der Waals surface area contributed by atoms with Gasteiger partial charge in [0.05, 0.1) is 17.7 Å². The van der Waals surface area contributed by atoms with Gasteiger partial charge < -0.3 is 15.1 Å². The van der Waals surface area contributed by atoms with Crippen LogP contribution < -0.4 is 0 Å². The fourth-order valence-electron chi connectivity index (χ4n) is 1.38. The molecule has 0 radical (unpaired) electrons. The maximum absolute atomic E-state index is 12.2. The molecule has 2 N–H and O–H groups in total. The molecule has 0 aliphatic heterocycles. The smallest absolute Gasteiger partial charge is 0.257 e. The lowest BCUT2D eigenvalue weighted by molar-refractivity contribution is 0.0470. The molecule has 0 aliphatic rings. The first-order valence-corrected chi connectivity index (χ1v) is 5.48. The molecule has 0 bridgehead atoms. The van der Waals surface area contributed by atoms with Crippen LogP contribution >= 0.6 is 0 Å². The molecular formula is C13H19NO3. The summed E-state index contributed by atoms with van der Waals surface area (Å²) in [5, 5.41) is 18.9. The van der Waals surface area contributed by atoms with Gasteiger partial charge >= 0.3 is 0 Å². The van der Waals surface area contributed by atoms with Gasteiger partial charge in [0.2, 0.25) is 0 Å². The standard InChI is InChI=1S/C13H19NO3/c1-9-5-6-11(16)10(7-9)12(17)14(4)13(2,3)8-15/h5-7,15-16H,8H2,1-4H3. The quantitative estimate of drug-likeness (QED) is 0.838. The summed E-state index contributed by atoms with van der Waals surface area (Å²) in [6.45, 7) is 5.24. The van der Waals surface area contributed by atoms with Gasteiger partial charge in [-0.25, -0.2) is 0 Å². The van der Waals surface area contributed by atoms with Crippen LogP contribution in [0, 0.1) is 6.92 Å². The van der Waals surface area contributed by atoms with Crippen LogP contribution in [0.5, 0.6) is 5.75 Å². The number of hydrogen-bond acceptors (Lipinski definition) is 3. The molecule has 0 atom stereocenters. The molecule has 1 aromatic carbocycles. The van der Waals surface area contributed by atoms with Crippen LogP contribution in [-0.2, 0) is 0 Å². The van der Waals surface area contributed by atoms with Crippen molar-refractivity contribution in [1.82, 2.24) is 4.90 Å². The summed E-state index contributed by atoms with van der Waals surface area (Å²) in [7, 11) is 1.61. The Balaban J connectivity index is 3.08. The summed E-state index contributed by atoms with van der Waals surface area (Å²) >= 11 is 0. The van der Waals surface area contributed by atoms with Crippen LogP contribution in [0.1, 0.15) is 29.8 Å². The number of aromatic hydroxyl groups is 1. The first-order chi connectivity index (χ1) is 7.79. The van der Waals surface area contributed by atoms with Crippen molar-refractivity contribution in [2.75, 3.05) is 13.7 Å². The average molecular weight is 237 g/mol. The molecule has 0 fully saturated rings. The van der Waals surface area contributed by atoms with Crippen LogP contribution in [0.15, 0.2) is 18.2 Å². The fourth-order valence-corrected chi connectivity index (χ4v) is 1.38. The number of aryl methyl sites for hydroxylation is 1. The average Bonchev–Trinajstić information content (AvgIpc) is 2.30. The van der Waals surface area contributed by atoms with E-state index in [1.807, 2.05) is 6.92 Å². The zero-order valence-corrected chi connectivity index (χ0v) is 10.7. The first-order valence-electron chi connectivity index (χ1n) is 5.48. The van der Waals surface area contributed by atoms with Gasteiger partial charge in [-0.2, -0.15) is 0 Å². The lowest BCUT2D eigenvalue weighted by atomic mass is 10.0. The summed E-state index contributed by atoms with van der Waals surface area (Å²) in [6, 6.07) is 4.88. The predicted molar refractivity (Wildman–Crippen MR) is 66.1 cm³/mol. The number of benzene rings is 1. The highest BCUT2D eigenvalue weighted by atomic mass is 16.3. The molecule has 1 aromatic rings. The lowest BCUT2D eigenvalue weighted by Crippen LogP contribution is -2.47. The fraction of sp³-hybridized carbons (Fsp3) is 0.462. The normalized spacial score (nSPS) is 11.4. The molecule has 0 saturated carbocycles. The predicted octanol–water partition coefficient (Wildman–Crippen LogP) is 1.54. The second-order valence-corrected chi connectivity index (χ2v) is 4.86. The van der Waals surface area contributed by atoms with Gasteiger partial charge in [0, 0.05) is 7.05 Å². The van der Waals surface area contributed by atoms with E-state index in [1.165, 1.54) is 11.0 Å². The van der Waals surface area contributed by atoms with Crippen molar-refractivity contribution >= 4 is 5.91 Å². The number of carbonyl (C=O) groups is 1. The number of aliphatic hydroxyl groups excluding tert-OH is 1. The third kappa shape index (κ3) is 2.77. The van der Waals surface area contributed by atoms with Gasteiger partial charge in [-0.1, -0.05) is 11.6 Å². The molecule has 1 amide bonds. The number of phenolic OH excluding ortho intramolecular Hbond substituents is 1. The Morgan fingerprint density at radius 3 is 2.53 bits per heavy atom. The van der Waals surface area contributed by atoms with Gasteiger partial charge in [-0.05, 0) is 32.9 Å². The number of likely N-dealkylation sites (N-methyl/N-ethyl adjacent to an activating group) is 1. The minimum Gasteiger partial charge on any atom is -0.507 e. The van der Waals surface area contributed by atoms with E-state index in [0.29, 0.717) is 0 Å². The Bertz CT molecular complexity index is 427. The van der Waals surface area contributed by atoms with Gasteiger partial charge in [0.15, 0.2) is 0 Å². The third-order valence-corrected chi connectivity index (χ3v) is 2.98. The Kier molecular flexibility index (Phi) is 3.78. The Morgan fingerprint density at radius 1 is 1.41 bits per heavy atom. The van der Waals surface area contributed by atoms with Crippen LogP contribution in [0.3, 0.4) is 0 Å². The highest BCUT2D eigenvalue weighted by Gasteiger charge is 2.28. The zero-order chi connectivity index (χ0) is 13.2. The maximum atomic E-state index is 12.2. The molecule has 0 unspecified atom stereocenters. The number of phenols is 1. The second-order valence-electron chi connectivity index (χ2n) is 4.86. The number of carbonyl (C=O) groups excluding carboxylic acids is 1. The molecule has 0 aromatic heterocycles. The van der Waals surface area contributed by atoms with Crippen molar-refractivity contribution in [3.05, 3.63) is 29.3 Å². The van der Waals surface area contributed by atoms with E-state index in [9.17, 15) is 15.0 Å². The molecule has 4 heteroatoms. The molecule has 4 nitrogen and oxygen atoms in total. The minimum atomic E-state index is -0.659. The van der Waals surface area contributed by atoms with Crippen molar-refractivity contribution in [2.24, 2.45) is 0 Å². The second kappa shape index (κ2) is 4.75. The summed E-state index contributed by atoms with van der Waals surface area (Å²) in [5.74, 6) is -0.341. The number of rotatable bonds is 3. The van der Waals surface area contributed by atoms with E-state index in [2.05, 4.69) is 0 Å². The number of amides is 1. The Morgan fingerprint density at radius 2 is 2.00 bits per heavy atom. The summed E-state index contributed by atoms with van der Waals surface area (Å²) in [6.07, 6.45) is 0. The third-order valence-electron chi connectivity index (χ3n) is 2.98. The molecule has 94 valence electrons. The SMILES string of the molecule is Cc1ccc(O)c(C(=O)N(C)C(C)(C)CO)c1. The van der Waals surface area contributed by atoms with Gasteiger partial charge in [-0.15, -0.1) is 0 Å². The molecular weight excluding hydrogens is 218 g/mol. The van der Waals surface area contributed by atoms with Crippen molar-refractivity contribution in [1.29, 1.82) is 0 Å². The maximum Gasteiger partial charge on any atom is 0.257 e. The van der Waals surface area contributed by atoms with Crippen molar-refractivity contribution < 1.29 is 15.0 Å². The monoisotopic (exact) mass is 237 g/mol. The summed E-state index contributed by atoms with van der Waals surface area (Å²) in [5.41, 5.74) is 0.503. The van der Waals surface area contributed by atoms with E-state index in [0.717, 1.165) is 5.56 Å². The molecule has 17 heavy (non-hydrogen) atoms. The van der Waals surface area contributed by atoms with Crippen molar-refractivity contribution in [3.8, 4) is 5.75 Å². The molecule has 0 saturated heterocycles. The molecule has 0 spiro atoms. The summed E-state index contributed by atoms with van der Waals surface area (Å²) < 4.78 is 0. The van der Waals surface area contributed by atoms with E-state index >= 15 is 0 Å². The first kappa shape index (κ1) is 13.5. The van der Waals surface area contributed by atoms with Crippen LogP contribution in [0.2, 0.25) is 0 Å². The highest BCUT2D eigenvalue weighted by Crippen LogP contribution is 2.22. The van der Waals surface area contributed by atoms with Gasteiger partial charge in [0.1, 0.15) is 5.75 Å². The molecule has 0 aliphatic carbocycles. The van der Waals surface area contributed by atoms with E-state index in [-0.39, 0.29) is 23.8 Å². The van der Waals surface area contributed by atoms with Crippen molar-refractivity contribution in [3.63, 3.8) is 0 Å². The zero-order valence-electron chi connectivity index (χ0n) is 10.7. The van der Waals surface area contributed by atoms with Crippen LogP contribution in [0.25, 0.3) is 0 Å². The lowest BCUT2D eigenvalue weighted by Gasteiger charge is -2.34. The van der Waals surface area contributed by atoms with E-state index < -0.39 is 5.54 Å². The van der Waals surface area contributed by atoms with Crippen LogP contribution in [-0.4, -0.2) is 40.2 Å². The molecule has 1 rings (SSSR count). The number of hydrogen-bond donors (Lipinski definition) is 2. The van der Waals surface area contributed by atoms with E-state index in [4.69, 9.17) is 0 Å². The Labute approximate surface area is 101 Å². The summed E-state index contributed by atoms with van der Waals surface area (Å²) in [4.78, 5) is 13.6. The van der Waals surface area contributed by atoms with Crippen LogP contribution in [0.4, 0.5) is 0 Å². The largest absolute Gasteiger partial charge is 0.507 e. The highest BCUT2D eigenvalue weighted by molar-refractivity contribution is 5.97. The van der Waals surface area contributed by atoms with E-state index in [1.54, 1.807) is 33.0 Å². The van der Waals surface area contributed by atoms with Gasteiger partial charge in [0.25, 0.3) is 5.91 Å². The number of aliphatic hydroxyl groups is 1. The topological polar surface area (TPSA) is 60.8 Å². The minimum absolute atomic E-state index is 0.0406. The van der Waals surface area contributed by atoms with Crippen molar-refractivity contribution in [2.45, 2.75) is 26.3 Å². The number of nitrogens with zero attached hydrogens (tertiary/aromatic N) is 1. The molecule has 0 heterocycles. The van der Waals surface area contributed by atoms with Gasteiger partial charge in [-0.3, -0.25) is 4.79 Å².